The number of nitrogens with zero attached hydrogens (tertiary/aromatic N) is 2. The largest absolute Gasteiger partial charge is 0.444 e. The first kappa shape index (κ1) is 26.5. The number of fused-ring (bicyclic) bond motifs is 1. The Morgan fingerprint density at radius 2 is 1.79 bits per heavy atom. The van der Waals surface area contributed by atoms with Crippen LogP contribution in [0, 0.1) is 17.8 Å². The summed E-state index contributed by atoms with van der Waals surface area (Å²) >= 11 is 0. The van der Waals surface area contributed by atoms with Crippen LogP contribution in [0.4, 0.5) is 4.79 Å². The number of rotatable bonds is 7. The lowest BCUT2D eigenvalue weighted by Crippen LogP contribution is -2.52. The molecule has 0 unspecified atom stereocenters. The van der Waals surface area contributed by atoms with Gasteiger partial charge in [0.05, 0.1) is 4.90 Å². The lowest BCUT2D eigenvalue weighted by molar-refractivity contribution is -0.127. The van der Waals surface area contributed by atoms with E-state index in [1.54, 1.807) is 62.5 Å². The van der Waals surface area contributed by atoms with Gasteiger partial charge >= 0.3 is 6.09 Å². The van der Waals surface area contributed by atoms with E-state index in [-0.39, 0.29) is 29.7 Å². The summed E-state index contributed by atoms with van der Waals surface area (Å²) in [6.07, 6.45) is 1.66. The van der Waals surface area contributed by atoms with Gasteiger partial charge in [0.25, 0.3) is 0 Å². The van der Waals surface area contributed by atoms with Crippen molar-refractivity contribution in [1.82, 2.24) is 14.5 Å². The Labute approximate surface area is 204 Å². The fourth-order valence-electron chi connectivity index (χ4n) is 4.97. The molecule has 1 aliphatic carbocycles. The van der Waals surface area contributed by atoms with Crippen LogP contribution in [0.2, 0.25) is 0 Å². The third-order valence-electron chi connectivity index (χ3n) is 6.68. The molecule has 4 atom stereocenters. The van der Waals surface area contributed by atoms with Crippen LogP contribution in [0.3, 0.4) is 0 Å². The van der Waals surface area contributed by atoms with Crippen LogP contribution in [0.25, 0.3) is 0 Å². The maximum atomic E-state index is 13.3. The van der Waals surface area contributed by atoms with Crippen LogP contribution < -0.4 is 5.32 Å². The third-order valence-corrected chi connectivity index (χ3v) is 8.52. The van der Waals surface area contributed by atoms with E-state index in [1.807, 2.05) is 13.8 Å². The Morgan fingerprint density at radius 1 is 1.15 bits per heavy atom. The van der Waals surface area contributed by atoms with Gasteiger partial charge in [0.1, 0.15) is 11.6 Å². The van der Waals surface area contributed by atoms with Gasteiger partial charge in [0.2, 0.25) is 15.9 Å². The molecule has 1 heterocycles. The second kappa shape index (κ2) is 10.2. The number of ether oxygens (including phenoxy) is 1. The second-order valence-corrected chi connectivity index (χ2v) is 12.9. The van der Waals surface area contributed by atoms with Crippen LogP contribution in [0.15, 0.2) is 35.2 Å². The van der Waals surface area contributed by atoms with Gasteiger partial charge in [-0.2, -0.15) is 4.31 Å². The van der Waals surface area contributed by atoms with Gasteiger partial charge in [-0.25, -0.2) is 13.2 Å². The zero-order valence-electron chi connectivity index (χ0n) is 21.2. The molecule has 0 aromatic heterocycles. The van der Waals surface area contributed by atoms with E-state index in [1.165, 1.54) is 4.90 Å². The van der Waals surface area contributed by atoms with Crippen molar-refractivity contribution in [3.8, 4) is 0 Å². The number of carbonyl (C=O) groups is 2. The van der Waals surface area contributed by atoms with Crippen LogP contribution in [0.5, 0.6) is 0 Å². The Bertz CT molecular complexity index is 974. The van der Waals surface area contributed by atoms with Gasteiger partial charge in [-0.05, 0) is 69.9 Å². The number of benzene rings is 1. The summed E-state index contributed by atoms with van der Waals surface area (Å²) < 4.78 is 33.2. The normalized spacial score (nSPS) is 24.0. The molecule has 8 nitrogen and oxygen atoms in total. The topological polar surface area (TPSA) is 96.0 Å². The summed E-state index contributed by atoms with van der Waals surface area (Å²) in [5.41, 5.74) is -0.652. The molecule has 190 valence electrons. The van der Waals surface area contributed by atoms with Gasteiger partial charge in [-0.3, -0.25) is 9.69 Å². The molecule has 1 saturated carbocycles. The van der Waals surface area contributed by atoms with E-state index in [4.69, 9.17) is 4.74 Å². The highest BCUT2D eigenvalue weighted by molar-refractivity contribution is 7.89. The van der Waals surface area contributed by atoms with Crippen LogP contribution in [-0.4, -0.2) is 67.4 Å². The highest BCUT2D eigenvalue weighted by Gasteiger charge is 2.47. The second-order valence-electron chi connectivity index (χ2n) is 11.0. The molecule has 0 bridgehead atoms. The monoisotopic (exact) mass is 493 g/mol. The fourth-order valence-corrected chi connectivity index (χ4v) is 6.52. The first-order valence-electron chi connectivity index (χ1n) is 12.1. The van der Waals surface area contributed by atoms with Crippen LogP contribution in [-0.2, 0) is 19.6 Å². The van der Waals surface area contributed by atoms with Gasteiger partial charge in [0.15, 0.2) is 0 Å². The lowest BCUT2D eigenvalue weighted by atomic mass is 9.96. The number of nitrogens with one attached hydrogen (secondary N) is 1. The van der Waals surface area contributed by atoms with Gasteiger partial charge < -0.3 is 10.1 Å². The smallest absolute Gasteiger partial charge is 0.410 e. The molecule has 2 fully saturated rings. The number of carbonyl (C=O) groups excluding carboxylic acids is 2. The fraction of sp³-hybridized carbons (Fsp3) is 0.680. The Morgan fingerprint density at radius 3 is 2.38 bits per heavy atom. The van der Waals surface area contributed by atoms with E-state index >= 15 is 0 Å². The van der Waals surface area contributed by atoms with Gasteiger partial charge in [-0.1, -0.05) is 32.0 Å². The zero-order chi connectivity index (χ0) is 25.3. The van der Waals surface area contributed by atoms with E-state index < -0.39 is 27.8 Å². The number of sulfonamides is 1. The van der Waals surface area contributed by atoms with Gasteiger partial charge in [-0.15, -0.1) is 0 Å². The molecule has 0 spiro atoms. The van der Waals surface area contributed by atoms with Crippen molar-refractivity contribution in [1.29, 1.82) is 0 Å². The number of hydrogen-bond donors (Lipinski definition) is 1. The predicted molar refractivity (Wildman–Crippen MR) is 131 cm³/mol. The molecule has 2 amide bonds. The summed E-state index contributed by atoms with van der Waals surface area (Å²) in [5.74, 6) is 0.275. The van der Waals surface area contributed by atoms with Crippen molar-refractivity contribution in [2.45, 2.75) is 76.5 Å². The third kappa shape index (κ3) is 6.10. The Balaban J connectivity index is 1.69. The first-order valence-corrected chi connectivity index (χ1v) is 13.5. The summed E-state index contributed by atoms with van der Waals surface area (Å²) in [4.78, 5) is 27.7. The van der Waals surface area contributed by atoms with Crippen molar-refractivity contribution in [2.24, 2.45) is 17.8 Å². The molecule has 1 saturated heterocycles. The summed E-state index contributed by atoms with van der Waals surface area (Å²) in [5, 5.41) is 3.16. The van der Waals surface area contributed by atoms with Crippen LogP contribution >= 0.6 is 0 Å². The molecule has 9 heteroatoms. The number of hydrogen-bond acceptors (Lipinski definition) is 5. The average molecular weight is 494 g/mol. The molecular weight excluding hydrogens is 454 g/mol. The molecule has 1 aromatic rings. The van der Waals surface area contributed by atoms with Crippen molar-refractivity contribution in [3.63, 3.8) is 0 Å². The van der Waals surface area contributed by atoms with Crippen LogP contribution in [0.1, 0.15) is 53.9 Å². The van der Waals surface area contributed by atoms with Gasteiger partial charge in [0, 0.05) is 26.2 Å². The van der Waals surface area contributed by atoms with Crippen molar-refractivity contribution in [2.75, 3.05) is 20.1 Å². The van der Waals surface area contributed by atoms with E-state index in [2.05, 4.69) is 5.32 Å². The minimum atomic E-state index is -3.56. The van der Waals surface area contributed by atoms with Crippen molar-refractivity contribution >= 4 is 22.0 Å². The summed E-state index contributed by atoms with van der Waals surface area (Å²) in [6.45, 7) is 10.3. The maximum Gasteiger partial charge on any atom is 0.410 e. The highest BCUT2D eigenvalue weighted by Crippen LogP contribution is 2.40. The molecule has 1 aromatic carbocycles. The van der Waals surface area contributed by atoms with E-state index in [9.17, 15) is 18.0 Å². The predicted octanol–water partition coefficient (Wildman–Crippen LogP) is 3.48. The van der Waals surface area contributed by atoms with E-state index in [0.717, 1.165) is 12.8 Å². The zero-order valence-corrected chi connectivity index (χ0v) is 22.0. The molecule has 1 aliphatic heterocycles. The minimum Gasteiger partial charge on any atom is -0.444 e. The molecule has 0 radical (unpaired) electrons. The molecule has 2 aliphatic rings. The highest BCUT2D eigenvalue weighted by atomic mass is 32.2. The molecule has 1 N–H and O–H groups in total. The molecule has 34 heavy (non-hydrogen) atoms. The van der Waals surface area contributed by atoms with Crippen molar-refractivity contribution in [3.05, 3.63) is 30.3 Å². The Hall–Kier alpha value is -2.13. The standard InChI is InChI=1S/C25H39N3O5S/c1-17(2)14-22(27(6)24(30)33-25(3,4)5)23(29)26-21-13-12-18-15-28(16-20(18)21)34(31,32)19-10-8-7-9-11-19/h7-11,17-18,20-22H,12-16H2,1-6H3,(H,26,29)/t18-,20+,21+,22-/m0/s1. The number of amides is 2. The number of likely N-dealkylation sites (N-methyl/N-ethyl adjacent to an activating group) is 1. The SMILES string of the molecule is CC(C)C[C@@H](C(=O)N[C@@H]1CC[C@H]2CN(S(=O)(=O)c3ccccc3)C[C@H]21)N(C)C(=O)OC(C)(C)C. The van der Waals surface area contributed by atoms with Crippen molar-refractivity contribution < 1.29 is 22.7 Å². The lowest BCUT2D eigenvalue weighted by Gasteiger charge is -2.32. The molecule has 3 rings (SSSR count). The minimum absolute atomic E-state index is 0.0639. The average Bonchev–Trinajstić information content (AvgIpc) is 3.33. The molecular formula is C25H39N3O5S. The summed E-state index contributed by atoms with van der Waals surface area (Å²) in [7, 11) is -1.96. The first-order chi connectivity index (χ1) is 15.8. The maximum absolute atomic E-state index is 13.3. The van der Waals surface area contributed by atoms with E-state index in [0.29, 0.717) is 24.4 Å². The summed E-state index contributed by atoms with van der Waals surface area (Å²) in [6, 6.07) is 7.71. The quantitative estimate of drug-likeness (QED) is 0.627. The Kier molecular flexibility index (Phi) is 7.97.